The van der Waals surface area contributed by atoms with Gasteiger partial charge in [-0.05, 0) is 13.8 Å². The summed E-state index contributed by atoms with van der Waals surface area (Å²) < 4.78 is 10.2. The van der Waals surface area contributed by atoms with Gasteiger partial charge in [-0.2, -0.15) is 4.98 Å². The largest absolute Gasteiger partial charge is 0.451 e. The van der Waals surface area contributed by atoms with Gasteiger partial charge in [-0.3, -0.25) is 0 Å². The predicted octanol–water partition coefficient (Wildman–Crippen LogP) is 2.80. The topological polar surface area (TPSA) is 78.1 Å². The summed E-state index contributed by atoms with van der Waals surface area (Å²) in [5, 5.41) is 4.71. The van der Waals surface area contributed by atoms with Gasteiger partial charge in [-0.15, -0.1) is 11.3 Å². The molecule has 0 aromatic carbocycles. The van der Waals surface area contributed by atoms with E-state index >= 15 is 0 Å². The molecule has 0 saturated carbocycles. The van der Waals surface area contributed by atoms with Crippen molar-refractivity contribution in [1.82, 2.24) is 15.1 Å². The molecule has 2 rings (SSSR count). The molecule has 0 N–H and O–H groups in total. The van der Waals surface area contributed by atoms with E-state index in [9.17, 15) is 4.79 Å². The Kier molecular flexibility index (Phi) is 3.89. The van der Waals surface area contributed by atoms with E-state index in [-0.39, 0.29) is 12.0 Å². The molecule has 0 radical (unpaired) electrons. The SMILES string of the molecule is Cc1nc(C)c(C(=O)OCc2nc(C(C)(C)C)no2)s1. The van der Waals surface area contributed by atoms with Gasteiger partial charge in [0.15, 0.2) is 12.4 Å². The molecule has 0 aliphatic rings. The average molecular weight is 295 g/mol. The third kappa shape index (κ3) is 3.22. The number of esters is 1. The summed E-state index contributed by atoms with van der Waals surface area (Å²) in [4.78, 5) is 20.8. The second-order valence-corrected chi connectivity index (χ2v) is 6.69. The Balaban J connectivity index is 2.00. The quantitative estimate of drug-likeness (QED) is 0.810. The van der Waals surface area contributed by atoms with Crippen LogP contribution in [0, 0.1) is 13.8 Å². The molecule has 0 amide bonds. The molecule has 0 spiro atoms. The molecule has 6 nitrogen and oxygen atoms in total. The van der Waals surface area contributed by atoms with Crippen molar-refractivity contribution < 1.29 is 14.1 Å². The lowest BCUT2D eigenvalue weighted by atomic mass is 9.96. The summed E-state index contributed by atoms with van der Waals surface area (Å²) >= 11 is 1.31. The van der Waals surface area contributed by atoms with E-state index < -0.39 is 5.97 Å². The van der Waals surface area contributed by atoms with Crippen LogP contribution in [-0.4, -0.2) is 21.1 Å². The lowest BCUT2D eigenvalue weighted by Crippen LogP contribution is -2.13. The van der Waals surface area contributed by atoms with Crippen molar-refractivity contribution >= 4 is 17.3 Å². The van der Waals surface area contributed by atoms with Gasteiger partial charge in [0.05, 0.1) is 10.7 Å². The molecule has 7 heteroatoms. The zero-order chi connectivity index (χ0) is 14.9. The molecule has 20 heavy (non-hydrogen) atoms. The number of rotatable bonds is 3. The lowest BCUT2D eigenvalue weighted by molar-refractivity contribution is 0.0434. The van der Waals surface area contributed by atoms with E-state index in [1.165, 1.54) is 11.3 Å². The first kappa shape index (κ1) is 14.6. The van der Waals surface area contributed by atoms with E-state index in [0.29, 0.717) is 22.3 Å². The Hall–Kier alpha value is -1.76. The molecule has 0 bridgehead atoms. The van der Waals surface area contributed by atoms with Gasteiger partial charge in [-0.1, -0.05) is 25.9 Å². The van der Waals surface area contributed by atoms with Crippen molar-refractivity contribution in [2.24, 2.45) is 0 Å². The molecule has 0 aliphatic carbocycles. The summed E-state index contributed by atoms with van der Waals surface area (Å²) in [7, 11) is 0. The summed E-state index contributed by atoms with van der Waals surface area (Å²) in [6.07, 6.45) is 0. The van der Waals surface area contributed by atoms with E-state index in [4.69, 9.17) is 9.26 Å². The maximum Gasteiger partial charge on any atom is 0.350 e. The Bertz CT molecular complexity index is 625. The Morgan fingerprint density at radius 3 is 2.50 bits per heavy atom. The van der Waals surface area contributed by atoms with E-state index in [1.54, 1.807) is 6.92 Å². The van der Waals surface area contributed by atoms with Crippen molar-refractivity contribution in [2.45, 2.75) is 46.6 Å². The molecule has 0 unspecified atom stereocenters. The smallest absolute Gasteiger partial charge is 0.350 e. The van der Waals surface area contributed by atoms with Crippen LogP contribution in [-0.2, 0) is 16.8 Å². The Labute approximate surface area is 121 Å². The van der Waals surface area contributed by atoms with Gasteiger partial charge in [0.1, 0.15) is 4.88 Å². The monoisotopic (exact) mass is 295 g/mol. The van der Waals surface area contributed by atoms with Gasteiger partial charge in [0.25, 0.3) is 5.89 Å². The number of hydrogen-bond donors (Lipinski definition) is 0. The maximum atomic E-state index is 11.9. The molecule has 0 fully saturated rings. The van der Waals surface area contributed by atoms with Gasteiger partial charge in [-0.25, -0.2) is 9.78 Å². The minimum absolute atomic E-state index is 0.0295. The number of nitrogens with zero attached hydrogens (tertiary/aromatic N) is 3. The zero-order valence-corrected chi connectivity index (χ0v) is 13.0. The molecule has 0 atom stereocenters. The van der Waals surface area contributed by atoms with Crippen molar-refractivity contribution in [2.75, 3.05) is 0 Å². The molecule has 2 aromatic rings. The Morgan fingerprint density at radius 2 is 2.00 bits per heavy atom. The highest BCUT2D eigenvalue weighted by Crippen LogP contribution is 2.20. The number of thiazole rings is 1. The number of carbonyl (C=O) groups excluding carboxylic acids is 1. The summed E-state index contributed by atoms with van der Waals surface area (Å²) in [5.74, 6) is 0.471. The van der Waals surface area contributed by atoms with Gasteiger partial charge in [0, 0.05) is 5.41 Å². The minimum Gasteiger partial charge on any atom is -0.451 e. The summed E-state index contributed by atoms with van der Waals surface area (Å²) in [5.41, 5.74) is 0.482. The van der Waals surface area contributed by atoms with Gasteiger partial charge in [0.2, 0.25) is 0 Å². The van der Waals surface area contributed by atoms with Crippen LogP contribution in [0.25, 0.3) is 0 Å². The molecule has 0 saturated heterocycles. The zero-order valence-electron chi connectivity index (χ0n) is 12.2. The van der Waals surface area contributed by atoms with Crippen molar-refractivity contribution in [3.63, 3.8) is 0 Å². The summed E-state index contributed by atoms with van der Waals surface area (Å²) in [6, 6.07) is 0. The van der Waals surface area contributed by atoms with Gasteiger partial charge < -0.3 is 9.26 Å². The number of ether oxygens (including phenoxy) is 1. The van der Waals surface area contributed by atoms with Gasteiger partial charge >= 0.3 is 5.97 Å². The third-order valence-corrected chi connectivity index (χ3v) is 3.61. The molecular formula is C13H17N3O3S. The second-order valence-electron chi connectivity index (χ2n) is 5.49. The predicted molar refractivity (Wildman–Crippen MR) is 73.7 cm³/mol. The average Bonchev–Trinajstić information content (AvgIpc) is 2.92. The first-order valence-corrected chi connectivity index (χ1v) is 7.03. The van der Waals surface area contributed by atoms with Crippen LogP contribution in [0.15, 0.2) is 4.52 Å². The highest BCUT2D eigenvalue weighted by Gasteiger charge is 2.22. The third-order valence-electron chi connectivity index (χ3n) is 2.55. The lowest BCUT2D eigenvalue weighted by Gasteiger charge is -2.10. The van der Waals surface area contributed by atoms with Crippen molar-refractivity contribution in [3.8, 4) is 0 Å². The first-order chi connectivity index (χ1) is 9.27. The number of aryl methyl sites for hydroxylation is 2. The first-order valence-electron chi connectivity index (χ1n) is 6.21. The molecule has 108 valence electrons. The molecule has 0 aliphatic heterocycles. The fourth-order valence-corrected chi connectivity index (χ4v) is 2.35. The van der Waals surface area contributed by atoms with Crippen LogP contribution in [0.3, 0.4) is 0 Å². The molecular weight excluding hydrogens is 278 g/mol. The minimum atomic E-state index is -0.413. The summed E-state index contributed by atoms with van der Waals surface area (Å²) in [6.45, 7) is 9.55. The number of carbonyl (C=O) groups is 1. The van der Waals surface area contributed by atoms with Crippen LogP contribution in [0.5, 0.6) is 0 Å². The van der Waals surface area contributed by atoms with Crippen LogP contribution in [0.2, 0.25) is 0 Å². The van der Waals surface area contributed by atoms with E-state index in [0.717, 1.165) is 5.01 Å². The standard InChI is InChI=1S/C13H17N3O3S/c1-7-10(20-8(2)14-7)11(17)18-6-9-15-12(16-19-9)13(3,4)5/h6H2,1-5H3. The van der Waals surface area contributed by atoms with E-state index in [2.05, 4.69) is 15.1 Å². The molecule has 2 aromatic heterocycles. The number of aromatic nitrogens is 3. The fraction of sp³-hybridized carbons (Fsp3) is 0.538. The molecule has 2 heterocycles. The van der Waals surface area contributed by atoms with E-state index in [1.807, 2.05) is 27.7 Å². The normalized spacial score (nSPS) is 11.7. The van der Waals surface area contributed by atoms with Crippen LogP contribution in [0.1, 0.15) is 52.9 Å². The number of hydrogen-bond acceptors (Lipinski definition) is 7. The maximum absolute atomic E-state index is 11.9. The highest BCUT2D eigenvalue weighted by atomic mass is 32.1. The van der Waals surface area contributed by atoms with Crippen molar-refractivity contribution in [3.05, 3.63) is 27.3 Å². The van der Waals surface area contributed by atoms with Crippen LogP contribution in [0.4, 0.5) is 0 Å². The highest BCUT2D eigenvalue weighted by molar-refractivity contribution is 7.13. The van der Waals surface area contributed by atoms with Crippen molar-refractivity contribution in [1.29, 1.82) is 0 Å². The fourth-order valence-electron chi connectivity index (χ4n) is 1.53. The second kappa shape index (κ2) is 5.32. The van der Waals surface area contributed by atoms with Crippen LogP contribution < -0.4 is 0 Å². The Morgan fingerprint density at radius 1 is 1.30 bits per heavy atom. The van der Waals surface area contributed by atoms with Crippen LogP contribution >= 0.6 is 11.3 Å².